The van der Waals surface area contributed by atoms with E-state index in [9.17, 15) is 4.79 Å². The number of hydrogen-bond donors (Lipinski definition) is 1. The van der Waals surface area contributed by atoms with E-state index >= 15 is 0 Å². The summed E-state index contributed by atoms with van der Waals surface area (Å²) in [4.78, 5) is 14.0. The Bertz CT molecular complexity index is 1010. The van der Waals surface area contributed by atoms with Crippen LogP contribution in [0.5, 0.6) is 5.75 Å². The smallest absolute Gasteiger partial charge is 0.234 e. The van der Waals surface area contributed by atoms with E-state index in [0.717, 1.165) is 28.9 Å². The molecule has 0 spiro atoms. The number of methoxy groups -OCH3 is 1. The van der Waals surface area contributed by atoms with Crippen molar-refractivity contribution in [1.29, 1.82) is 0 Å². The number of rotatable bonds is 8. The van der Waals surface area contributed by atoms with Crippen LogP contribution in [-0.4, -0.2) is 47.2 Å². The zero-order chi connectivity index (χ0) is 20.1. The van der Waals surface area contributed by atoms with Crippen LogP contribution in [0.4, 0.5) is 0 Å². The van der Waals surface area contributed by atoms with E-state index in [2.05, 4.69) is 26.6 Å². The number of carbonyl (C=O) groups excluding carboxylic acids is 1. The molecular formula is C21H26N4O2S. The highest BCUT2D eigenvalue weighted by Gasteiger charge is 2.14. The van der Waals surface area contributed by atoms with Crippen molar-refractivity contribution in [3.63, 3.8) is 0 Å². The number of nitrogens with zero attached hydrogens (tertiary/aromatic N) is 3. The molecular weight excluding hydrogens is 372 g/mol. The highest BCUT2D eigenvalue weighted by molar-refractivity contribution is 7.71. The predicted molar refractivity (Wildman–Crippen MR) is 115 cm³/mol. The summed E-state index contributed by atoms with van der Waals surface area (Å²) in [6.07, 6.45) is 0.926. The normalized spacial score (nSPS) is 11.1. The molecule has 1 N–H and O–H groups in total. The van der Waals surface area contributed by atoms with E-state index < -0.39 is 0 Å². The van der Waals surface area contributed by atoms with Crippen molar-refractivity contribution in [2.45, 2.75) is 20.0 Å². The number of para-hydroxylation sites is 2. The van der Waals surface area contributed by atoms with Crippen molar-refractivity contribution in [3.05, 3.63) is 53.3 Å². The molecule has 0 saturated heterocycles. The van der Waals surface area contributed by atoms with E-state index in [4.69, 9.17) is 17.0 Å². The summed E-state index contributed by atoms with van der Waals surface area (Å²) in [6.45, 7) is 3.59. The molecule has 2 aromatic carbocycles. The molecule has 0 unspecified atom stereocenters. The molecule has 0 bridgehead atoms. The molecule has 7 heteroatoms. The number of nitrogens with one attached hydrogen (secondary N) is 1. The molecule has 0 radical (unpaired) electrons. The molecule has 3 rings (SSSR count). The monoisotopic (exact) mass is 398 g/mol. The van der Waals surface area contributed by atoms with Crippen LogP contribution in [0.3, 0.4) is 0 Å². The van der Waals surface area contributed by atoms with Gasteiger partial charge in [0.25, 0.3) is 0 Å². The third-order valence-electron chi connectivity index (χ3n) is 4.53. The van der Waals surface area contributed by atoms with Gasteiger partial charge in [-0.2, -0.15) is 0 Å². The number of fused-ring (bicyclic) bond motifs is 1. The molecule has 1 aromatic heterocycles. The zero-order valence-electron chi connectivity index (χ0n) is 16.5. The molecule has 0 aliphatic carbocycles. The van der Waals surface area contributed by atoms with Gasteiger partial charge in [-0.05, 0) is 62.1 Å². The first kappa shape index (κ1) is 20.1. The average molecular weight is 399 g/mol. The number of benzene rings is 2. The Kier molecular flexibility index (Phi) is 6.49. The summed E-state index contributed by atoms with van der Waals surface area (Å²) in [5.41, 5.74) is 3.04. The minimum Gasteiger partial charge on any atom is -0.497 e. The SMILES string of the molecule is CCCNC(=O)CN(C)Cn1c(=S)n(-c2ccc(OC)cc2)c2ccccc21. The van der Waals surface area contributed by atoms with Gasteiger partial charge in [0, 0.05) is 12.2 Å². The Hall–Kier alpha value is -2.64. The van der Waals surface area contributed by atoms with Crippen molar-refractivity contribution >= 4 is 29.2 Å². The Morgan fingerprint density at radius 2 is 1.82 bits per heavy atom. The van der Waals surface area contributed by atoms with Gasteiger partial charge >= 0.3 is 0 Å². The van der Waals surface area contributed by atoms with E-state index in [1.54, 1.807) is 7.11 Å². The first-order valence-electron chi connectivity index (χ1n) is 9.35. The van der Waals surface area contributed by atoms with Crippen molar-refractivity contribution in [1.82, 2.24) is 19.4 Å². The fourth-order valence-electron chi connectivity index (χ4n) is 3.18. The van der Waals surface area contributed by atoms with Crippen LogP contribution in [-0.2, 0) is 11.5 Å². The molecule has 0 fully saturated rings. The van der Waals surface area contributed by atoms with Gasteiger partial charge in [0.1, 0.15) is 5.75 Å². The Morgan fingerprint density at radius 1 is 1.14 bits per heavy atom. The van der Waals surface area contributed by atoms with Crippen molar-refractivity contribution in [2.24, 2.45) is 0 Å². The van der Waals surface area contributed by atoms with Gasteiger partial charge < -0.3 is 14.6 Å². The van der Waals surface area contributed by atoms with Gasteiger partial charge in [-0.1, -0.05) is 19.1 Å². The van der Waals surface area contributed by atoms with Crippen LogP contribution in [0.2, 0.25) is 0 Å². The largest absolute Gasteiger partial charge is 0.497 e. The molecule has 0 saturated carbocycles. The number of likely N-dealkylation sites (N-methyl/N-ethyl adjacent to an activating group) is 1. The third kappa shape index (κ3) is 4.26. The topological polar surface area (TPSA) is 51.4 Å². The number of imidazole rings is 1. The van der Waals surface area contributed by atoms with Crippen molar-refractivity contribution < 1.29 is 9.53 Å². The highest BCUT2D eigenvalue weighted by Crippen LogP contribution is 2.24. The van der Waals surface area contributed by atoms with Gasteiger partial charge in [-0.25, -0.2) is 0 Å². The van der Waals surface area contributed by atoms with E-state index in [0.29, 0.717) is 24.5 Å². The number of ether oxygens (including phenoxy) is 1. The van der Waals surface area contributed by atoms with Crippen LogP contribution in [0.15, 0.2) is 48.5 Å². The molecule has 1 heterocycles. The minimum absolute atomic E-state index is 0.0229. The lowest BCUT2D eigenvalue weighted by Gasteiger charge is -2.17. The standard InChI is InChI=1S/C21H26N4O2S/c1-4-13-22-20(26)14-23(2)15-24-18-7-5-6-8-19(18)25(21(24)28)16-9-11-17(27-3)12-10-16/h5-12H,4,13-15H2,1-3H3,(H,22,26). The number of aromatic nitrogens is 2. The number of hydrogen-bond acceptors (Lipinski definition) is 4. The lowest BCUT2D eigenvalue weighted by Crippen LogP contribution is -2.36. The number of amides is 1. The van der Waals surface area contributed by atoms with E-state index in [-0.39, 0.29) is 5.91 Å². The summed E-state index contributed by atoms with van der Waals surface area (Å²) in [5, 5.41) is 2.91. The van der Waals surface area contributed by atoms with Gasteiger partial charge in [0.15, 0.2) is 4.77 Å². The van der Waals surface area contributed by atoms with Crippen LogP contribution < -0.4 is 10.1 Å². The maximum absolute atomic E-state index is 12.0. The fraction of sp³-hybridized carbons (Fsp3) is 0.333. The lowest BCUT2D eigenvalue weighted by atomic mass is 10.2. The van der Waals surface area contributed by atoms with Crippen molar-refractivity contribution in [3.8, 4) is 11.4 Å². The Labute approximate surface area is 170 Å². The van der Waals surface area contributed by atoms with E-state index in [1.165, 1.54) is 0 Å². The summed E-state index contributed by atoms with van der Waals surface area (Å²) < 4.78 is 10.1. The molecule has 28 heavy (non-hydrogen) atoms. The van der Waals surface area contributed by atoms with Crippen LogP contribution in [0.25, 0.3) is 16.7 Å². The maximum Gasteiger partial charge on any atom is 0.234 e. The lowest BCUT2D eigenvalue weighted by molar-refractivity contribution is -0.122. The van der Waals surface area contributed by atoms with Crippen LogP contribution in [0, 0.1) is 4.77 Å². The number of carbonyl (C=O) groups is 1. The molecule has 0 aliphatic rings. The quantitative estimate of drug-likeness (QED) is 0.589. The minimum atomic E-state index is 0.0229. The van der Waals surface area contributed by atoms with Gasteiger partial charge in [0.2, 0.25) is 5.91 Å². The molecule has 1 amide bonds. The summed E-state index contributed by atoms with van der Waals surface area (Å²) in [7, 11) is 3.58. The molecule has 0 atom stereocenters. The molecule has 148 valence electrons. The summed E-state index contributed by atoms with van der Waals surface area (Å²) >= 11 is 5.81. The summed E-state index contributed by atoms with van der Waals surface area (Å²) in [5.74, 6) is 0.826. The molecule has 0 aliphatic heterocycles. The first-order valence-corrected chi connectivity index (χ1v) is 9.76. The van der Waals surface area contributed by atoms with Gasteiger partial charge in [-0.3, -0.25) is 14.3 Å². The zero-order valence-corrected chi connectivity index (χ0v) is 17.3. The summed E-state index contributed by atoms with van der Waals surface area (Å²) in [6, 6.07) is 15.9. The van der Waals surface area contributed by atoms with E-state index in [1.807, 2.05) is 55.3 Å². The van der Waals surface area contributed by atoms with Crippen LogP contribution >= 0.6 is 12.2 Å². The maximum atomic E-state index is 12.0. The fourth-order valence-corrected chi connectivity index (χ4v) is 3.54. The molecule has 3 aromatic rings. The van der Waals surface area contributed by atoms with Gasteiger partial charge in [0.05, 0.1) is 31.4 Å². The second-order valence-electron chi connectivity index (χ2n) is 6.74. The second kappa shape index (κ2) is 9.03. The third-order valence-corrected chi connectivity index (χ3v) is 4.94. The Balaban J connectivity index is 1.94. The molecule has 6 nitrogen and oxygen atoms in total. The second-order valence-corrected chi connectivity index (χ2v) is 7.10. The first-order chi connectivity index (χ1) is 13.5. The van der Waals surface area contributed by atoms with Crippen LogP contribution in [0.1, 0.15) is 13.3 Å². The predicted octanol–water partition coefficient (Wildman–Crippen LogP) is 3.59. The highest BCUT2D eigenvalue weighted by atomic mass is 32.1. The van der Waals surface area contributed by atoms with Crippen molar-refractivity contribution in [2.75, 3.05) is 27.2 Å². The average Bonchev–Trinajstić information content (AvgIpc) is 2.98. The Morgan fingerprint density at radius 3 is 2.46 bits per heavy atom. The van der Waals surface area contributed by atoms with Gasteiger partial charge in [-0.15, -0.1) is 0 Å².